The fourth-order valence-electron chi connectivity index (χ4n) is 3.57. The number of quaternary nitrogens is 1. The number of nitrogens with zero attached hydrogens (tertiary/aromatic N) is 4. The molecule has 0 aliphatic heterocycles. The van der Waals surface area contributed by atoms with Gasteiger partial charge in [-0.25, -0.2) is 4.68 Å². The van der Waals surface area contributed by atoms with E-state index in [4.69, 9.17) is 0 Å². The molecule has 5 heteroatoms. The van der Waals surface area contributed by atoms with Crippen molar-refractivity contribution in [3.8, 4) is 0 Å². The molecule has 28 heavy (non-hydrogen) atoms. The van der Waals surface area contributed by atoms with Crippen molar-refractivity contribution in [2.24, 2.45) is 0 Å². The Morgan fingerprint density at radius 1 is 1.00 bits per heavy atom. The number of hydrogen-bond donors (Lipinski definition) is 1. The first-order valence-corrected chi connectivity index (χ1v) is 10.2. The predicted octanol–water partition coefficient (Wildman–Crippen LogP) is 3.32. The van der Waals surface area contributed by atoms with Gasteiger partial charge in [-0.05, 0) is 44.5 Å². The summed E-state index contributed by atoms with van der Waals surface area (Å²) in [5.74, 6) is 0.934. The summed E-state index contributed by atoms with van der Waals surface area (Å²) in [6.07, 6.45) is 0.964. The van der Waals surface area contributed by atoms with Crippen molar-refractivity contribution in [3.63, 3.8) is 0 Å². The third-order valence-corrected chi connectivity index (χ3v) is 5.74. The molecule has 1 N–H and O–H groups in total. The number of benzene rings is 2. The highest BCUT2D eigenvalue weighted by atomic mass is 15.6. The van der Waals surface area contributed by atoms with E-state index < -0.39 is 0 Å². The van der Waals surface area contributed by atoms with Crippen molar-refractivity contribution in [3.05, 3.63) is 77.1 Å². The summed E-state index contributed by atoms with van der Waals surface area (Å²) in [5, 5.41) is 13.0. The number of hydrogen-bond acceptors (Lipinski definition) is 3. The first-order valence-electron chi connectivity index (χ1n) is 10.2. The van der Waals surface area contributed by atoms with Crippen LogP contribution in [0.25, 0.3) is 0 Å². The van der Waals surface area contributed by atoms with Gasteiger partial charge in [0.15, 0.2) is 6.04 Å². The standard InChI is InChI=1S/C23H31N5/c1-6-23(4,5)28-22(24-25-26-28)21(20-15-13-18(3)14-16-20)27(7-2)17-19-11-9-8-10-12-19/h8-16,21H,6-7,17H2,1-5H3/p+1/t21-/m1/s1. The van der Waals surface area contributed by atoms with Gasteiger partial charge in [0.25, 0.3) is 0 Å². The van der Waals surface area contributed by atoms with E-state index in [1.165, 1.54) is 21.6 Å². The minimum Gasteiger partial charge on any atom is -0.319 e. The number of nitrogens with one attached hydrogen (secondary N) is 1. The van der Waals surface area contributed by atoms with Crippen LogP contribution in [-0.2, 0) is 12.1 Å². The van der Waals surface area contributed by atoms with Crippen molar-refractivity contribution in [2.45, 2.75) is 59.2 Å². The highest BCUT2D eigenvalue weighted by Crippen LogP contribution is 2.25. The lowest BCUT2D eigenvalue weighted by Gasteiger charge is -2.31. The Hall–Kier alpha value is -2.53. The van der Waals surface area contributed by atoms with Crippen molar-refractivity contribution >= 4 is 0 Å². The van der Waals surface area contributed by atoms with Gasteiger partial charge in [-0.2, -0.15) is 0 Å². The van der Waals surface area contributed by atoms with Crippen LogP contribution >= 0.6 is 0 Å². The summed E-state index contributed by atoms with van der Waals surface area (Å²) < 4.78 is 2.03. The summed E-state index contributed by atoms with van der Waals surface area (Å²) in [5.41, 5.74) is 3.71. The van der Waals surface area contributed by atoms with Gasteiger partial charge in [0, 0.05) is 11.1 Å². The van der Waals surface area contributed by atoms with Crippen molar-refractivity contribution in [1.82, 2.24) is 20.2 Å². The Bertz CT molecular complexity index is 868. The zero-order valence-corrected chi connectivity index (χ0v) is 17.7. The minimum atomic E-state index is -0.132. The number of rotatable bonds is 8. The minimum absolute atomic E-state index is 0.0756. The Labute approximate surface area is 168 Å². The maximum absolute atomic E-state index is 4.52. The summed E-state index contributed by atoms with van der Waals surface area (Å²) in [6.45, 7) is 12.8. The van der Waals surface area contributed by atoms with Crippen molar-refractivity contribution < 1.29 is 4.90 Å². The topological polar surface area (TPSA) is 48.0 Å². The average molecular weight is 379 g/mol. The molecule has 3 aromatic rings. The van der Waals surface area contributed by atoms with E-state index in [1.54, 1.807) is 0 Å². The highest BCUT2D eigenvalue weighted by Gasteiger charge is 2.34. The Morgan fingerprint density at radius 3 is 2.29 bits per heavy atom. The summed E-state index contributed by atoms with van der Waals surface area (Å²) in [7, 11) is 0. The fraction of sp³-hybridized carbons (Fsp3) is 0.435. The van der Waals surface area contributed by atoms with Gasteiger partial charge in [-0.1, -0.05) is 67.1 Å². The van der Waals surface area contributed by atoms with Crippen LogP contribution in [-0.4, -0.2) is 26.8 Å². The Morgan fingerprint density at radius 2 is 1.68 bits per heavy atom. The van der Waals surface area contributed by atoms with Crippen molar-refractivity contribution in [1.29, 1.82) is 0 Å². The van der Waals surface area contributed by atoms with E-state index in [2.05, 4.69) is 105 Å². The van der Waals surface area contributed by atoms with Gasteiger partial charge in [0.05, 0.1) is 12.1 Å². The molecule has 0 saturated carbocycles. The van der Waals surface area contributed by atoms with Crippen LogP contribution in [0.2, 0.25) is 0 Å². The molecule has 0 spiro atoms. The maximum Gasteiger partial charge on any atom is 0.214 e. The molecule has 0 saturated heterocycles. The molecule has 0 amide bonds. The molecule has 0 aliphatic carbocycles. The number of aromatic nitrogens is 4. The van der Waals surface area contributed by atoms with Gasteiger partial charge >= 0.3 is 0 Å². The first-order chi connectivity index (χ1) is 13.5. The second-order valence-corrected chi connectivity index (χ2v) is 8.13. The van der Waals surface area contributed by atoms with E-state index >= 15 is 0 Å². The molecular formula is C23H32N5+. The van der Waals surface area contributed by atoms with Crippen LogP contribution in [0.5, 0.6) is 0 Å². The van der Waals surface area contributed by atoms with E-state index in [1.807, 2.05) is 4.68 Å². The van der Waals surface area contributed by atoms with Crippen LogP contribution in [0, 0.1) is 6.92 Å². The van der Waals surface area contributed by atoms with E-state index in [0.29, 0.717) is 0 Å². The third-order valence-electron chi connectivity index (χ3n) is 5.74. The molecule has 3 rings (SSSR count). The van der Waals surface area contributed by atoms with Crippen molar-refractivity contribution in [2.75, 3.05) is 6.54 Å². The molecule has 5 nitrogen and oxygen atoms in total. The first kappa shape index (κ1) is 20.2. The molecule has 0 aliphatic rings. The molecule has 2 atom stereocenters. The number of tetrazole rings is 1. The molecule has 0 fully saturated rings. The van der Waals surface area contributed by atoms with Gasteiger partial charge in [-0.3, -0.25) is 0 Å². The van der Waals surface area contributed by atoms with E-state index in [0.717, 1.165) is 25.3 Å². The van der Waals surface area contributed by atoms with Gasteiger partial charge in [-0.15, -0.1) is 5.10 Å². The van der Waals surface area contributed by atoms with E-state index in [-0.39, 0.29) is 11.6 Å². The van der Waals surface area contributed by atoms with Gasteiger partial charge in [0.2, 0.25) is 5.82 Å². The average Bonchev–Trinajstić information content (AvgIpc) is 3.20. The number of aryl methyl sites for hydroxylation is 1. The second-order valence-electron chi connectivity index (χ2n) is 8.13. The molecule has 2 aromatic carbocycles. The summed E-state index contributed by atoms with van der Waals surface area (Å²) in [6, 6.07) is 19.5. The zero-order valence-electron chi connectivity index (χ0n) is 17.7. The largest absolute Gasteiger partial charge is 0.319 e. The molecular weight excluding hydrogens is 346 g/mol. The smallest absolute Gasteiger partial charge is 0.214 e. The zero-order chi connectivity index (χ0) is 20.1. The van der Waals surface area contributed by atoms with Crippen LogP contribution in [0.4, 0.5) is 0 Å². The lowest BCUT2D eigenvalue weighted by atomic mass is 9.98. The lowest BCUT2D eigenvalue weighted by molar-refractivity contribution is -0.938. The SMILES string of the molecule is CC[NH+](Cc1ccccc1)[C@H](c1ccc(C)cc1)c1nnnn1C(C)(C)CC. The summed E-state index contributed by atoms with van der Waals surface area (Å²) in [4.78, 5) is 1.43. The molecule has 0 bridgehead atoms. The lowest BCUT2D eigenvalue weighted by Crippen LogP contribution is -3.11. The Kier molecular flexibility index (Phi) is 6.25. The maximum atomic E-state index is 4.52. The van der Waals surface area contributed by atoms with Crippen LogP contribution in [0.15, 0.2) is 54.6 Å². The molecule has 0 radical (unpaired) electrons. The van der Waals surface area contributed by atoms with Crippen LogP contribution < -0.4 is 4.90 Å². The van der Waals surface area contributed by atoms with E-state index in [9.17, 15) is 0 Å². The second kappa shape index (κ2) is 8.65. The molecule has 1 heterocycles. The van der Waals surface area contributed by atoms with Crippen LogP contribution in [0.1, 0.15) is 62.7 Å². The highest BCUT2D eigenvalue weighted by molar-refractivity contribution is 5.26. The predicted molar refractivity (Wildman–Crippen MR) is 112 cm³/mol. The third kappa shape index (κ3) is 4.30. The normalized spacial score (nSPS) is 14.0. The molecule has 1 unspecified atom stereocenters. The van der Waals surface area contributed by atoms with Crippen LogP contribution in [0.3, 0.4) is 0 Å². The van der Waals surface area contributed by atoms with Gasteiger partial charge in [0.1, 0.15) is 6.54 Å². The monoisotopic (exact) mass is 378 g/mol. The van der Waals surface area contributed by atoms with Gasteiger partial charge < -0.3 is 4.90 Å². The summed E-state index contributed by atoms with van der Waals surface area (Å²) >= 11 is 0. The Balaban J connectivity index is 2.08. The molecule has 148 valence electrons. The fourth-order valence-corrected chi connectivity index (χ4v) is 3.57. The molecule has 1 aromatic heterocycles. The quantitative estimate of drug-likeness (QED) is 0.654.